The van der Waals surface area contributed by atoms with Gasteiger partial charge in [0.05, 0.1) is 0 Å². The maximum Gasteiger partial charge on any atom is 0.0303 e. The number of rotatable bonds is 4. The fraction of sp³-hybridized carbons (Fsp3) is 1.00. The van der Waals surface area contributed by atoms with Crippen LogP contribution in [-0.2, 0) is 0 Å². The topological polar surface area (TPSA) is 0 Å². The van der Waals surface area contributed by atoms with Crippen molar-refractivity contribution in [1.29, 1.82) is 0 Å². The minimum Gasteiger partial charge on any atom is -0.0657 e. The van der Waals surface area contributed by atoms with Crippen molar-refractivity contribution in [3.8, 4) is 0 Å². The Morgan fingerprint density at radius 3 is 1.75 bits per heavy atom. The molecule has 0 atom stereocenters. The van der Waals surface area contributed by atoms with Gasteiger partial charge >= 0.3 is 0 Å². The van der Waals surface area contributed by atoms with Gasteiger partial charge in [-0.15, -0.1) is 0 Å². The van der Waals surface area contributed by atoms with Gasteiger partial charge in [0, 0.05) is 18.1 Å². The van der Waals surface area contributed by atoms with Crippen LogP contribution in [0.3, 0.4) is 0 Å². The van der Waals surface area contributed by atoms with E-state index in [1.54, 1.807) is 0 Å². The molecule has 0 rings (SSSR count). The van der Waals surface area contributed by atoms with E-state index in [1.807, 2.05) is 0 Å². The molecule has 0 saturated carbocycles. The Bertz CT molecular complexity index is 39.8. The molecular formula is C6H14Si2. The summed E-state index contributed by atoms with van der Waals surface area (Å²) in [5.74, 6) is 0. The van der Waals surface area contributed by atoms with E-state index in [1.165, 1.54) is 24.9 Å². The minimum atomic E-state index is -0.0859. The van der Waals surface area contributed by atoms with Gasteiger partial charge in [0.25, 0.3) is 0 Å². The summed E-state index contributed by atoms with van der Waals surface area (Å²) in [7, 11) is 3.66. The van der Waals surface area contributed by atoms with E-state index in [-0.39, 0.29) is 8.31 Å². The quantitative estimate of drug-likeness (QED) is 0.527. The third kappa shape index (κ3) is 4.59. The lowest BCUT2D eigenvalue weighted by atomic mass is 10.6. The normalized spacial score (nSPS) is 10.5. The molecule has 2 heteroatoms. The van der Waals surface area contributed by atoms with E-state index >= 15 is 0 Å². The van der Waals surface area contributed by atoms with Gasteiger partial charge < -0.3 is 0 Å². The second kappa shape index (κ2) is 5.57. The van der Waals surface area contributed by atoms with Crippen molar-refractivity contribution >= 4 is 18.1 Å². The van der Waals surface area contributed by atoms with E-state index in [9.17, 15) is 0 Å². The third-order valence-corrected chi connectivity index (χ3v) is 4.81. The lowest BCUT2D eigenvalue weighted by molar-refractivity contribution is 1.02. The van der Waals surface area contributed by atoms with Crippen LogP contribution in [0.4, 0.5) is 0 Å². The number of hydrogen-bond acceptors (Lipinski definition) is 0. The highest BCUT2D eigenvalue weighted by Gasteiger charge is 1.98. The summed E-state index contributed by atoms with van der Waals surface area (Å²) in [6, 6.07) is 2.85. The van der Waals surface area contributed by atoms with Crippen molar-refractivity contribution in [2.45, 2.75) is 38.8 Å². The highest BCUT2D eigenvalue weighted by molar-refractivity contribution is 7.03. The molecule has 0 aromatic heterocycles. The molecule has 0 bridgehead atoms. The smallest absolute Gasteiger partial charge is 0.0303 e. The van der Waals surface area contributed by atoms with Gasteiger partial charge in [-0.1, -0.05) is 38.8 Å². The molecule has 0 aromatic rings. The predicted octanol–water partition coefficient (Wildman–Crippen LogP) is 1.97. The Labute approximate surface area is 57.5 Å². The molecule has 0 spiro atoms. The van der Waals surface area contributed by atoms with Crippen molar-refractivity contribution in [1.82, 2.24) is 0 Å². The minimum absolute atomic E-state index is 0.0859. The van der Waals surface area contributed by atoms with E-state index in [2.05, 4.69) is 23.6 Å². The molecule has 0 aromatic carbocycles. The summed E-state index contributed by atoms with van der Waals surface area (Å²) in [4.78, 5) is 0. The molecule has 4 radical (unpaired) electrons. The molecule has 0 N–H and O–H groups in total. The summed E-state index contributed by atoms with van der Waals surface area (Å²) >= 11 is 0. The van der Waals surface area contributed by atoms with Crippen LogP contribution in [0, 0.1) is 0 Å². The lowest BCUT2D eigenvalue weighted by Crippen LogP contribution is -2.10. The van der Waals surface area contributed by atoms with Crippen LogP contribution in [0.1, 0.15) is 26.7 Å². The zero-order valence-corrected chi connectivity index (χ0v) is 7.83. The van der Waals surface area contributed by atoms with Crippen LogP contribution in [0.5, 0.6) is 0 Å². The van der Waals surface area contributed by atoms with Crippen LogP contribution in [0.15, 0.2) is 0 Å². The zero-order chi connectivity index (χ0) is 6.41. The van der Waals surface area contributed by atoms with Crippen LogP contribution in [0.25, 0.3) is 0 Å². The van der Waals surface area contributed by atoms with E-state index in [4.69, 9.17) is 0 Å². The largest absolute Gasteiger partial charge is 0.0657 e. The summed E-state index contributed by atoms with van der Waals surface area (Å²) in [5.41, 5.74) is 0. The maximum atomic E-state index is 3.75. The van der Waals surface area contributed by atoms with Crippen molar-refractivity contribution in [2.24, 2.45) is 0 Å². The van der Waals surface area contributed by atoms with E-state index in [0.29, 0.717) is 0 Å². The van der Waals surface area contributed by atoms with Gasteiger partial charge in [0.2, 0.25) is 0 Å². The van der Waals surface area contributed by atoms with Gasteiger partial charge in [0.1, 0.15) is 0 Å². The second-order valence-electron chi connectivity index (χ2n) is 2.10. The average Bonchev–Trinajstić information content (AvgIpc) is 1.68. The first-order valence-corrected chi connectivity index (χ1v) is 6.79. The van der Waals surface area contributed by atoms with Crippen molar-refractivity contribution in [2.75, 3.05) is 0 Å². The zero-order valence-electron chi connectivity index (χ0n) is 5.83. The second-order valence-corrected chi connectivity index (χ2v) is 6.43. The summed E-state index contributed by atoms with van der Waals surface area (Å²) in [5, 5.41) is 0. The van der Waals surface area contributed by atoms with Crippen molar-refractivity contribution < 1.29 is 0 Å². The SMILES string of the molecule is CCC[Si]([Si])CCC. The van der Waals surface area contributed by atoms with Gasteiger partial charge in [-0.25, -0.2) is 0 Å². The maximum absolute atomic E-state index is 3.75. The first-order chi connectivity index (χ1) is 3.81. The van der Waals surface area contributed by atoms with Gasteiger partial charge in [0.15, 0.2) is 0 Å². The molecule has 0 unspecified atom stereocenters. The fourth-order valence-electron chi connectivity index (χ4n) is 0.729. The summed E-state index contributed by atoms with van der Waals surface area (Å²) in [6.07, 6.45) is 2.69. The molecule has 0 saturated heterocycles. The van der Waals surface area contributed by atoms with Gasteiger partial charge in [-0.3, -0.25) is 0 Å². The van der Waals surface area contributed by atoms with Gasteiger partial charge in [-0.05, 0) is 0 Å². The Balaban J connectivity index is 2.92. The fourth-order valence-corrected chi connectivity index (χ4v) is 3.69. The van der Waals surface area contributed by atoms with Crippen LogP contribution < -0.4 is 0 Å². The first kappa shape index (κ1) is 8.43. The lowest BCUT2D eigenvalue weighted by Gasteiger charge is -2.03. The summed E-state index contributed by atoms with van der Waals surface area (Å²) < 4.78 is 0. The molecule has 0 aliphatic heterocycles. The first-order valence-electron chi connectivity index (χ1n) is 3.37. The number of hydrogen-bond donors (Lipinski definition) is 0. The Kier molecular flexibility index (Phi) is 5.87. The molecule has 46 valence electrons. The predicted molar refractivity (Wildman–Crippen MR) is 41.7 cm³/mol. The molecule has 0 nitrogen and oxygen atoms in total. The Morgan fingerprint density at radius 2 is 1.50 bits per heavy atom. The van der Waals surface area contributed by atoms with Crippen LogP contribution in [0.2, 0.25) is 12.1 Å². The molecule has 0 aliphatic carbocycles. The molecular weight excluding hydrogens is 128 g/mol. The van der Waals surface area contributed by atoms with Crippen LogP contribution >= 0.6 is 0 Å². The average molecular weight is 142 g/mol. The van der Waals surface area contributed by atoms with E-state index in [0.717, 1.165) is 0 Å². The molecule has 0 heterocycles. The Morgan fingerprint density at radius 1 is 1.12 bits per heavy atom. The van der Waals surface area contributed by atoms with Crippen molar-refractivity contribution in [3.63, 3.8) is 0 Å². The molecule has 0 amide bonds. The Hall–Kier alpha value is 0.434. The summed E-state index contributed by atoms with van der Waals surface area (Å²) in [6.45, 7) is 4.50. The monoisotopic (exact) mass is 142 g/mol. The van der Waals surface area contributed by atoms with Gasteiger partial charge in [-0.2, -0.15) is 0 Å². The molecule has 0 aliphatic rings. The standard InChI is InChI=1S/C6H14Si2/c1-3-5-8(7)6-4-2/h3-6H2,1-2H3. The third-order valence-electron chi connectivity index (χ3n) is 1.10. The highest BCUT2D eigenvalue weighted by atomic mass is 29.1. The van der Waals surface area contributed by atoms with Crippen LogP contribution in [-0.4, -0.2) is 18.1 Å². The molecule has 0 fully saturated rings. The van der Waals surface area contributed by atoms with Crippen molar-refractivity contribution in [3.05, 3.63) is 0 Å². The molecule has 8 heavy (non-hydrogen) atoms. The highest BCUT2D eigenvalue weighted by Crippen LogP contribution is 2.00. The van der Waals surface area contributed by atoms with E-state index < -0.39 is 0 Å².